The first kappa shape index (κ1) is 12.9. The number of hydrogen-bond donors (Lipinski definition) is 2. The van der Waals surface area contributed by atoms with E-state index in [1.165, 1.54) is 6.20 Å². The van der Waals surface area contributed by atoms with E-state index in [2.05, 4.69) is 16.9 Å². The van der Waals surface area contributed by atoms with E-state index < -0.39 is 11.9 Å². The first-order valence-corrected chi connectivity index (χ1v) is 5.26. The maximum Gasteiger partial charge on any atom is 0.253 e. The molecular weight excluding hydrogens is 218 g/mol. The maximum atomic E-state index is 11.7. The molecule has 0 saturated heterocycles. The van der Waals surface area contributed by atoms with Crippen LogP contribution < -0.4 is 11.1 Å². The number of carbonyl (C=O) groups is 2. The average Bonchev–Trinajstić information content (AvgIpc) is 2.35. The van der Waals surface area contributed by atoms with E-state index in [0.717, 1.165) is 0 Å². The summed E-state index contributed by atoms with van der Waals surface area (Å²) in [5.74, 6) is -0.907. The van der Waals surface area contributed by atoms with E-state index in [-0.39, 0.29) is 5.91 Å². The summed E-state index contributed by atoms with van der Waals surface area (Å²) in [6.07, 6.45) is 5.73. The van der Waals surface area contributed by atoms with Crippen LogP contribution in [0.3, 0.4) is 0 Å². The zero-order chi connectivity index (χ0) is 12.7. The fourth-order valence-corrected chi connectivity index (χ4v) is 1.31. The van der Waals surface area contributed by atoms with Crippen molar-refractivity contribution in [1.82, 2.24) is 10.3 Å². The number of carbonyl (C=O) groups excluding carboxylic acids is 2. The average molecular weight is 233 g/mol. The Morgan fingerprint density at radius 3 is 2.88 bits per heavy atom. The molecule has 2 amide bonds. The molecule has 0 radical (unpaired) electrons. The highest BCUT2D eigenvalue weighted by atomic mass is 16.2. The molecule has 0 spiro atoms. The SMILES string of the molecule is C=CCC[C@@H](NC(=O)c1cccnc1)C(N)=O. The van der Waals surface area contributed by atoms with Gasteiger partial charge in [-0.1, -0.05) is 6.08 Å². The number of rotatable bonds is 6. The van der Waals surface area contributed by atoms with Crippen molar-refractivity contribution in [3.63, 3.8) is 0 Å². The third kappa shape index (κ3) is 4.06. The summed E-state index contributed by atoms with van der Waals surface area (Å²) in [7, 11) is 0. The molecule has 90 valence electrons. The number of primary amides is 1. The monoisotopic (exact) mass is 233 g/mol. The Bertz CT molecular complexity index is 403. The molecule has 0 bridgehead atoms. The Balaban J connectivity index is 2.64. The van der Waals surface area contributed by atoms with Crippen molar-refractivity contribution in [2.75, 3.05) is 0 Å². The minimum Gasteiger partial charge on any atom is -0.368 e. The van der Waals surface area contributed by atoms with Gasteiger partial charge < -0.3 is 11.1 Å². The molecule has 0 aliphatic carbocycles. The van der Waals surface area contributed by atoms with Gasteiger partial charge in [-0.3, -0.25) is 14.6 Å². The highest BCUT2D eigenvalue weighted by Gasteiger charge is 2.17. The molecule has 0 aromatic carbocycles. The van der Waals surface area contributed by atoms with Crippen molar-refractivity contribution in [1.29, 1.82) is 0 Å². The van der Waals surface area contributed by atoms with Gasteiger partial charge in [-0.2, -0.15) is 0 Å². The van der Waals surface area contributed by atoms with Crippen LogP contribution >= 0.6 is 0 Å². The largest absolute Gasteiger partial charge is 0.368 e. The third-order valence-electron chi connectivity index (χ3n) is 2.23. The molecule has 0 fully saturated rings. The normalized spacial score (nSPS) is 11.5. The first-order chi connectivity index (χ1) is 8.15. The van der Waals surface area contributed by atoms with Crippen LogP contribution in [0, 0.1) is 0 Å². The fraction of sp³-hybridized carbons (Fsp3) is 0.250. The lowest BCUT2D eigenvalue weighted by atomic mass is 10.1. The quantitative estimate of drug-likeness (QED) is 0.707. The van der Waals surface area contributed by atoms with Crippen LogP contribution in [0.15, 0.2) is 37.2 Å². The van der Waals surface area contributed by atoms with Gasteiger partial charge >= 0.3 is 0 Å². The summed E-state index contributed by atoms with van der Waals surface area (Å²) in [5, 5.41) is 2.57. The van der Waals surface area contributed by atoms with Crippen molar-refractivity contribution in [2.24, 2.45) is 5.73 Å². The van der Waals surface area contributed by atoms with E-state index in [0.29, 0.717) is 18.4 Å². The van der Waals surface area contributed by atoms with E-state index >= 15 is 0 Å². The van der Waals surface area contributed by atoms with Crippen LogP contribution in [-0.4, -0.2) is 22.8 Å². The van der Waals surface area contributed by atoms with E-state index in [1.807, 2.05) is 0 Å². The smallest absolute Gasteiger partial charge is 0.253 e. The molecule has 3 N–H and O–H groups in total. The van der Waals surface area contributed by atoms with Crippen molar-refractivity contribution in [2.45, 2.75) is 18.9 Å². The molecule has 0 saturated carbocycles. The number of nitrogens with zero attached hydrogens (tertiary/aromatic N) is 1. The fourth-order valence-electron chi connectivity index (χ4n) is 1.31. The standard InChI is InChI=1S/C12H15N3O2/c1-2-3-6-10(11(13)16)15-12(17)9-5-4-7-14-8-9/h2,4-5,7-8,10H,1,3,6H2,(H2,13,16)(H,15,17)/t10-/m1/s1. The molecule has 1 aromatic rings. The molecule has 1 rings (SSSR count). The third-order valence-corrected chi connectivity index (χ3v) is 2.23. The second kappa shape index (κ2) is 6.42. The van der Waals surface area contributed by atoms with Crippen molar-refractivity contribution < 1.29 is 9.59 Å². The first-order valence-electron chi connectivity index (χ1n) is 5.26. The summed E-state index contributed by atoms with van der Waals surface area (Å²) in [6.45, 7) is 3.55. The maximum absolute atomic E-state index is 11.7. The number of amides is 2. The van der Waals surface area contributed by atoms with E-state index in [9.17, 15) is 9.59 Å². The zero-order valence-electron chi connectivity index (χ0n) is 9.43. The molecule has 0 aliphatic heterocycles. The van der Waals surface area contributed by atoms with Gasteiger partial charge in [0.05, 0.1) is 5.56 Å². The van der Waals surface area contributed by atoms with Crippen molar-refractivity contribution in [3.8, 4) is 0 Å². The van der Waals surface area contributed by atoms with Crippen LogP contribution in [0.1, 0.15) is 23.2 Å². The summed E-state index contributed by atoms with van der Waals surface area (Å²) in [4.78, 5) is 26.7. The van der Waals surface area contributed by atoms with Gasteiger partial charge in [0.1, 0.15) is 6.04 Å². The van der Waals surface area contributed by atoms with Crippen LogP contribution in [-0.2, 0) is 4.79 Å². The second-order valence-electron chi connectivity index (χ2n) is 3.54. The molecule has 1 atom stereocenters. The predicted octanol–water partition coefficient (Wildman–Crippen LogP) is 0.631. The van der Waals surface area contributed by atoms with Gasteiger partial charge in [0.15, 0.2) is 0 Å². The van der Waals surface area contributed by atoms with Gasteiger partial charge in [0, 0.05) is 12.4 Å². The summed E-state index contributed by atoms with van der Waals surface area (Å²) in [6, 6.07) is 2.59. The van der Waals surface area contributed by atoms with Gasteiger partial charge in [0.2, 0.25) is 5.91 Å². The van der Waals surface area contributed by atoms with Gasteiger partial charge in [-0.15, -0.1) is 6.58 Å². The van der Waals surface area contributed by atoms with E-state index in [4.69, 9.17) is 5.73 Å². The molecule has 1 aromatic heterocycles. The van der Waals surface area contributed by atoms with Crippen LogP contribution in [0.2, 0.25) is 0 Å². The highest BCUT2D eigenvalue weighted by molar-refractivity contribution is 5.96. The highest BCUT2D eigenvalue weighted by Crippen LogP contribution is 2.01. The van der Waals surface area contributed by atoms with Crippen LogP contribution in [0.4, 0.5) is 0 Å². The van der Waals surface area contributed by atoms with Crippen molar-refractivity contribution >= 4 is 11.8 Å². The minimum absolute atomic E-state index is 0.356. The Kier molecular flexibility index (Phi) is 4.87. The lowest BCUT2D eigenvalue weighted by Crippen LogP contribution is -2.44. The Morgan fingerprint density at radius 2 is 2.35 bits per heavy atom. The van der Waals surface area contributed by atoms with Crippen LogP contribution in [0.25, 0.3) is 0 Å². The Morgan fingerprint density at radius 1 is 1.59 bits per heavy atom. The number of nitrogens with two attached hydrogens (primary N) is 1. The zero-order valence-corrected chi connectivity index (χ0v) is 9.43. The molecule has 0 aliphatic rings. The van der Waals surface area contributed by atoms with E-state index in [1.54, 1.807) is 24.4 Å². The Labute approximate surface area is 99.7 Å². The predicted molar refractivity (Wildman–Crippen MR) is 64.1 cm³/mol. The van der Waals surface area contributed by atoms with Gasteiger partial charge in [0.25, 0.3) is 5.91 Å². The number of hydrogen-bond acceptors (Lipinski definition) is 3. The lowest BCUT2D eigenvalue weighted by molar-refractivity contribution is -0.119. The molecule has 17 heavy (non-hydrogen) atoms. The lowest BCUT2D eigenvalue weighted by Gasteiger charge is -2.14. The second-order valence-corrected chi connectivity index (χ2v) is 3.54. The van der Waals surface area contributed by atoms with Crippen molar-refractivity contribution in [3.05, 3.63) is 42.7 Å². The summed E-state index contributed by atoms with van der Waals surface area (Å²) in [5.41, 5.74) is 5.60. The number of allylic oxidation sites excluding steroid dienone is 1. The Hall–Kier alpha value is -2.17. The number of pyridine rings is 1. The summed E-state index contributed by atoms with van der Waals surface area (Å²) < 4.78 is 0. The topological polar surface area (TPSA) is 85.1 Å². The molecule has 1 heterocycles. The molecule has 5 heteroatoms. The number of aromatic nitrogens is 1. The summed E-state index contributed by atoms with van der Waals surface area (Å²) >= 11 is 0. The minimum atomic E-state index is -0.680. The molecular formula is C12H15N3O2. The van der Waals surface area contributed by atoms with Gasteiger partial charge in [-0.25, -0.2) is 0 Å². The van der Waals surface area contributed by atoms with Crippen LogP contribution in [0.5, 0.6) is 0 Å². The molecule has 5 nitrogen and oxygen atoms in total. The molecule has 0 unspecified atom stereocenters. The van der Waals surface area contributed by atoms with Gasteiger partial charge in [-0.05, 0) is 25.0 Å². The number of nitrogens with one attached hydrogen (secondary N) is 1.